The predicted molar refractivity (Wildman–Crippen MR) is 99.7 cm³/mol. The van der Waals surface area contributed by atoms with E-state index in [1.165, 1.54) is 0 Å². The van der Waals surface area contributed by atoms with Crippen molar-refractivity contribution in [1.82, 2.24) is 15.2 Å². The van der Waals surface area contributed by atoms with E-state index in [0.29, 0.717) is 32.1 Å². The maximum atomic E-state index is 12.7. The van der Waals surface area contributed by atoms with Gasteiger partial charge in [0, 0.05) is 31.5 Å². The van der Waals surface area contributed by atoms with E-state index in [-0.39, 0.29) is 12.1 Å². The van der Waals surface area contributed by atoms with E-state index in [0.717, 1.165) is 18.0 Å². The van der Waals surface area contributed by atoms with Crippen molar-refractivity contribution in [1.29, 1.82) is 0 Å². The van der Waals surface area contributed by atoms with Gasteiger partial charge < -0.3 is 25.0 Å². The number of nitrogens with one attached hydrogen (secondary N) is 2. The number of ether oxygens (including phenoxy) is 2. The van der Waals surface area contributed by atoms with Gasteiger partial charge in [-0.3, -0.25) is 4.98 Å². The maximum absolute atomic E-state index is 12.7. The molecular weight excluding hydrogens is 332 g/mol. The highest BCUT2D eigenvalue weighted by Crippen LogP contribution is 2.17. The first kappa shape index (κ1) is 18.0. The normalized spacial score (nSPS) is 16.8. The van der Waals surface area contributed by atoms with Gasteiger partial charge in [-0.1, -0.05) is 0 Å². The third-order valence-electron chi connectivity index (χ3n) is 4.10. The second-order valence-corrected chi connectivity index (χ2v) is 5.94. The number of amides is 2. The number of nitrogens with zero attached hydrogens (tertiary/aromatic N) is 2. The van der Waals surface area contributed by atoms with Crippen LogP contribution in [0.5, 0.6) is 11.5 Å². The first-order valence-electron chi connectivity index (χ1n) is 8.80. The zero-order chi connectivity index (χ0) is 18.2. The summed E-state index contributed by atoms with van der Waals surface area (Å²) < 4.78 is 11.2. The van der Waals surface area contributed by atoms with Crippen molar-refractivity contribution in [2.24, 2.45) is 0 Å². The maximum Gasteiger partial charge on any atom is 0.322 e. The van der Waals surface area contributed by atoms with E-state index in [9.17, 15) is 4.79 Å². The summed E-state index contributed by atoms with van der Waals surface area (Å²) in [4.78, 5) is 18.5. The van der Waals surface area contributed by atoms with Crippen LogP contribution in [0.3, 0.4) is 0 Å². The first-order chi connectivity index (χ1) is 12.8. The molecule has 26 heavy (non-hydrogen) atoms. The lowest BCUT2D eigenvalue weighted by molar-refractivity contribution is 0.133. The van der Waals surface area contributed by atoms with Crippen molar-refractivity contribution < 1.29 is 14.3 Å². The Kier molecular flexibility index (Phi) is 6.27. The average molecular weight is 356 g/mol. The van der Waals surface area contributed by atoms with Gasteiger partial charge in [-0.2, -0.15) is 0 Å². The average Bonchev–Trinajstić information content (AvgIpc) is 2.69. The molecule has 1 aliphatic heterocycles. The third-order valence-corrected chi connectivity index (χ3v) is 4.10. The second kappa shape index (κ2) is 9.05. The topological polar surface area (TPSA) is 75.7 Å². The number of carbonyl (C=O) groups excluding carboxylic acids is 1. The molecule has 0 saturated carbocycles. The second-order valence-electron chi connectivity index (χ2n) is 5.94. The van der Waals surface area contributed by atoms with Crippen LogP contribution in [0.25, 0.3) is 0 Å². The van der Waals surface area contributed by atoms with Gasteiger partial charge in [0.05, 0.1) is 18.8 Å². The SMILES string of the molecule is CCOc1ccc(NC(=O)N2CCNCC2COc2cccnc2)cc1. The largest absolute Gasteiger partial charge is 0.494 e. The smallest absolute Gasteiger partial charge is 0.322 e. The lowest BCUT2D eigenvalue weighted by Gasteiger charge is -2.35. The van der Waals surface area contributed by atoms with E-state index < -0.39 is 0 Å². The minimum absolute atomic E-state index is 0.0494. The van der Waals surface area contributed by atoms with Crippen molar-refractivity contribution in [2.75, 3.05) is 38.2 Å². The molecule has 7 heteroatoms. The van der Waals surface area contributed by atoms with Crippen LogP contribution in [0.2, 0.25) is 0 Å². The van der Waals surface area contributed by atoms with Crippen LogP contribution in [0.1, 0.15) is 6.92 Å². The molecule has 0 spiro atoms. The minimum atomic E-state index is -0.129. The van der Waals surface area contributed by atoms with Gasteiger partial charge in [-0.15, -0.1) is 0 Å². The lowest BCUT2D eigenvalue weighted by atomic mass is 10.2. The third kappa shape index (κ3) is 4.86. The van der Waals surface area contributed by atoms with Gasteiger partial charge in [-0.05, 0) is 43.3 Å². The highest BCUT2D eigenvalue weighted by Gasteiger charge is 2.27. The highest BCUT2D eigenvalue weighted by molar-refractivity contribution is 5.89. The fraction of sp³-hybridized carbons (Fsp3) is 0.368. The monoisotopic (exact) mass is 356 g/mol. The van der Waals surface area contributed by atoms with Crippen molar-refractivity contribution in [3.05, 3.63) is 48.8 Å². The number of hydrogen-bond donors (Lipinski definition) is 2. The quantitative estimate of drug-likeness (QED) is 0.831. The molecule has 7 nitrogen and oxygen atoms in total. The number of benzene rings is 1. The molecule has 1 saturated heterocycles. The van der Waals surface area contributed by atoms with Gasteiger partial charge in [-0.25, -0.2) is 4.79 Å². The van der Waals surface area contributed by atoms with Gasteiger partial charge in [0.2, 0.25) is 0 Å². The van der Waals surface area contributed by atoms with Crippen molar-refractivity contribution in [2.45, 2.75) is 13.0 Å². The van der Waals surface area contributed by atoms with E-state index in [1.54, 1.807) is 12.4 Å². The molecule has 2 aromatic rings. The Labute approximate surface area is 153 Å². The molecule has 1 fully saturated rings. The summed E-state index contributed by atoms with van der Waals surface area (Å²) in [5.41, 5.74) is 0.740. The Bertz CT molecular complexity index is 694. The van der Waals surface area contributed by atoms with Gasteiger partial charge in [0.15, 0.2) is 0 Å². The Morgan fingerprint density at radius 3 is 2.85 bits per heavy atom. The van der Waals surface area contributed by atoms with Crippen molar-refractivity contribution >= 4 is 11.7 Å². The van der Waals surface area contributed by atoms with Crippen LogP contribution in [-0.2, 0) is 0 Å². The van der Waals surface area contributed by atoms with Crippen LogP contribution >= 0.6 is 0 Å². The van der Waals surface area contributed by atoms with Gasteiger partial charge >= 0.3 is 6.03 Å². The molecular formula is C19H24N4O3. The van der Waals surface area contributed by atoms with Crippen LogP contribution in [0, 0.1) is 0 Å². The number of anilines is 1. The first-order valence-corrected chi connectivity index (χ1v) is 8.80. The van der Waals surface area contributed by atoms with Gasteiger partial charge in [0.25, 0.3) is 0 Å². The number of aromatic nitrogens is 1. The zero-order valence-corrected chi connectivity index (χ0v) is 14.9. The van der Waals surface area contributed by atoms with Crippen LogP contribution in [0.4, 0.5) is 10.5 Å². The van der Waals surface area contributed by atoms with Crippen LogP contribution < -0.4 is 20.1 Å². The number of carbonyl (C=O) groups is 1. The fourth-order valence-electron chi connectivity index (χ4n) is 2.80. The lowest BCUT2D eigenvalue weighted by Crippen LogP contribution is -2.57. The molecule has 1 unspecified atom stereocenters. The van der Waals surface area contributed by atoms with E-state index in [4.69, 9.17) is 9.47 Å². The standard InChI is InChI=1S/C19H24N4O3/c1-2-25-17-7-5-15(6-8-17)22-19(24)23-11-10-21-12-16(23)14-26-18-4-3-9-20-13-18/h3-9,13,16,21H,2,10-12,14H2,1H3,(H,22,24). The molecule has 1 aromatic carbocycles. The molecule has 0 bridgehead atoms. The Morgan fingerprint density at radius 2 is 2.12 bits per heavy atom. The summed E-state index contributed by atoms with van der Waals surface area (Å²) in [7, 11) is 0. The summed E-state index contributed by atoms with van der Waals surface area (Å²) in [6, 6.07) is 10.9. The summed E-state index contributed by atoms with van der Waals surface area (Å²) in [6.45, 7) is 5.05. The summed E-state index contributed by atoms with van der Waals surface area (Å²) in [6.07, 6.45) is 3.37. The molecule has 1 aromatic heterocycles. The molecule has 2 N–H and O–H groups in total. The Hall–Kier alpha value is -2.80. The molecule has 3 rings (SSSR count). The van der Waals surface area contributed by atoms with Crippen molar-refractivity contribution in [3.8, 4) is 11.5 Å². The molecule has 138 valence electrons. The van der Waals surface area contributed by atoms with Crippen LogP contribution in [-0.4, -0.2) is 54.8 Å². The molecule has 2 amide bonds. The minimum Gasteiger partial charge on any atom is -0.494 e. The van der Waals surface area contributed by atoms with Gasteiger partial charge in [0.1, 0.15) is 18.1 Å². The molecule has 1 atom stereocenters. The molecule has 1 aliphatic rings. The van der Waals surface area contributed by atoms with Crippen molar-refractivity contribution in [3.63, 3.8) is 0 Å². The Balaban J connectivity index is 1.58. The number of piperazine rings is 1. The fourth-order valence-corrected chi connectivity index (χ4v) is 2.80. The zero-order valence-electron chi connectivity index (χ0n) is 14.9. The molecule has 2 heterocycles. The summed E-state index contributed by atoms with van der Waals surface area (Å²) >= 11 is 0. The summed E-state index contributed by atoms with van der Waals surface area (Å²) in [5.74, 6) is 1.49. The number of pyridine rings is 1. The van der Waals surface area contributed by atoms with Crippen LogP contribution in [0.15, 0.2) is 48.8 Å². The number of hydrogen-bond acceptors (Lipinski definition) is 5. The Morgan fingerprint density at radius 1 is 1.27 bits per heavy atom. The molecule has 0 radical (unpaired) electrons. The highest BCUT2D eigenvalue weighted by atomic mass is 16.5. The van der Waals surface area contributed by atoms with E-state index in [1.807, 2.05) is 48.2 Å². The summed E-state index contributed by atoms with van der Waals surface area (Å²) in [5, 5.41) is 6.25. The van der Waals surface area contributed by atoms with E-state index >= 15 is 0 Å². The number of rotatable bonds is 6. The predicted octanol–water partition coefficient (Wildman–Crippen LogP) is 2.36. The molecule has 0 aliphatic carbocycles. The number of urea groups is 1. The van der Waals surface area contributed by atoms with E-state index in [2.05, 4.69) is 15.6 Å².